The molecule has 0 spiro atoms. The molecule has 20 nitrogen and oxygen atoms in total. The van der Waals surface area contributed by atoms with Crippen molar-refractivity contribution >= 4 is 67.6 Å². The summed E-state index contributed by atoms with van der Waals surface area (Å²) in [4.78, 5) is 28.1. The van der Waals surface area contributed by atoms with Crippen LogP contribution in [0.25, 0.3) is 12.2 Å². The predicted molar refractivity (Wildman–Crippen MR) is 183 cm³/mol. The Bertz CT molecular complexity index is 2040. The van der Waals surface area contributed by atoms with Crippen LogP contribution in [-0.2, 0) is 29.7 Å². The van der Waals surface area contributed by atoms with Crippen LogP contribution >= 0.6 is 0 Å². The van der Waals surface area contributed by atoms with Gasteiger partial charge in [0.25, 0.3) is 0 Å². The molecule has 0 saturated carbocycles. The quantitative estimate of drug-likeness (QED) is 0.0774. The summed E-state index contributed by atoms with van der Waals surface area (Å²) in [5, 5.41) is 5.74. The molecule has 2 aliphatic rings. The number of rotatable bonds is 12. The van der Waals surface area contributed by atoms with E-state index in [4.69, 9.17) is 18.9 Å². The monoisotopic (exact) mass is 802 g/mol. The van der Waals surface area contributed by atoms with E-state index in [0.29, 0.717) is 64.5 Å². The average molecular weight is 803 g/mol. The van der Waals surface area contributed by atoms with Gasteiger partial charge in [0, 0.05) is 37.6 Å². The molecule has 0 radical (unpaired) electrons. The molecule has 276 valence electrons. The van der Waals surface area contributed by atoms with Crippen LogP contribution in [-0.4, -0.2) is 123 Å². The second-order valence-electron chi connectivity index (χ2n) is 11.1. The molecular weight excluding hydrogens is 771 g/mol. The van der Waals surface area contributed by atoms with E-state index in [9.17, 15) is 25.9 Å². The Morgan fingerprint density at radius 2 is 1.00 bits per heavy atom. The first-order valence-electron chi connectivity index (χ1n) is 15.6. The van der Waals surface area contributed by atoms with Crippen LogP contribution in [0, 0.1) is 0 Å². The van der Waals surface area contributed by atoms with Crippen molar-refractivity contribution in [2.24, 2.45) is 0 Å². The summed E-state index contributed by atoms with van der Waals surface area (Å²) >= 11 is 0. The van der Waals surface area contributed by atoms with Crippen molar-refractivity contribution in [2.75, 3.05) is 87.3 Å². The van der Waals surface area contributed by atoms with Gasteiger partial charge in [-0.3, -0.25) is 0 Å². The van der Waals surface area contributed by atoms with Gasteiger partial charge < -0.3 is 48.5 Å². The summed E-state index contributed by atoms with van der Waals surface area (Å²) in [5.41, 5.74) is 0.148. The van der Waals surface area contributed by atoms with E-state index >= 15 is 0 Å². The van der Waals surface area contributed by atoms with Crippen LogP contribution in [0.3, 0.4) is 0 Å². The Kier molecular flexibility index (Phi) is 15.3. The molecule has 6 rings (SSSR count). The summed E-state index contributed by atoms with van der Waals surface area (Å²) in [5.74, 6) is 0.672. The number of morpholine rings is 2. The van der Waals surface area contributed by atoms with Gasteiger partial charge in [-0.2, -0.15) is 29.9 Å². The number of hydrogen-bond donors (Lipinski definition) is 2. The molecule has 2 aromatic heterocycles. The Labute approximate surface area is 355 Å². The molecule has 4 aromatic rings. The molecule has 0 unspecified atom stereocenters. The van der Waals surface area contributed by atoms with Crippen molar-refractivity contribution in [3.63, 3.8) is 0 Å². The van der Waals surface area contributed by atoms with Crippen molar-refractivity contribution in [1.29, 1.82) is 0 Å². The zero-order chi connectivity index (χ0) is 36.9. The molecule has 0 atom stereocenters. The molecule has 54 heavy (non-hydrogen) atoms. The maximum absolute atomic E-state index is 12.4. The van der Waals surface area contributed by atoms with Gasteiger partial charge in [0.15, 0.2) is 0 Å². The SMILES string of the molecule is COc1nc(Nc2ccc(C=Cc3ccc(Nc4nc(OC)nc(N5CCOCC5)n4)cc3S(=O)(=O)[O-])c(S(=O)(=O)[O-])c2)nc(N2CCOCC2)n1.[Na+].[Na+]. The molecule has 2 N–H and O–H groups in total. The smallest absolute Gasteiger partial charge is 0.744 e. The number of nitrogens with one attached hydrogen (secondary N) is 2. The molecule has 24 heteroatoms. The molecule has 0 amide bonds. The molecule has 0 bridgehead atoms. The third-order valence-electron chi connectivity index (χ3n) is 7.68. The van der Waals surface area contributed by atoms with E-state index in [0.717, 1.165) is 12.1 Å². The molecular formula is C30H32N10Na2O10S2. The van der Waals surface area contributed by atoms with Gasteiger partial charge in [0.1, 0.15) is 20.2 Å². The first kappa shape index (κ1) is 43.5. The minimum absolute atomic E-state index is 0. The molecule has 2 aromatic carbocycles. The van der Waals surface area contributed by atoms with E-state index in [-0.39, 0.29) is 106 Å². The molecule has 4 heterocycles. The molecule has 2 saturated heterocycles. The average Bonchev–Trinajstić information content (AvgIpc) is 3.14. The number of methoxy groups -OCH3 is 2. The zero-order valence-corrected chi connectivity index (χ0v) is 35.4. The second-order valence-corrected chi connectivity index (χ2v) is 13.8. The van der Waals surface area contributed by atoms with Gasteiger partial charge in [-0.25, -0.2) is 16.8 Å². The van der Waals surface area contributed by atoms with E-state index in [2.05, 4.69) is 40.5 Å². The first-order chi connectivity index (χ1) is 24.9. The minimum Gasteiger partial charge on any atom is -0.744 e. The van der Waals surface area contributed by atoms with Gasteiger partial charge in [-0.05, 0) is 35.4 Å². The van der Waals surface area contributed by atoms with E-state index in [1.54, 1.807) is 0 Å². The first-order valence-corrected chi connectivity index (χ1v) is 18.4. The summed E-state index contributed by atoms with van der Waals surface area (Å²) in [6.45, 7) is 4.05. The van der Waals surface area contributed by atoms with E-state index in [1.165, 1.54) is 50.6 Å². The minimum atomic E-state index is -5.06. The standard InChI is InChI=1S/C30H34N10O10S2.2Na/c1-47-29-35-25(33-27(37-29)39-9-13-49-14-10-39)31-21-7-5-19(23(17-21)51(41,42)43)3-4-20-6-8-22(18-24(20)52(44,45)46)32-26-34-28(38-30(36-26)48-2)40-11-15-50-16-12-40;;/h3-8,17-18H,9-16H2,1-2H3,(H,41,42,43)(H,44,45,46)(H,31,33,35,37)(H,32,34,36,38);;/q;2*+1/p-2. The number of aromatic nitrogens is 6. The largest absolute Gasteiger partial charge is 1.00 e. The fourth-order valence-electron chi connectivity index (χ4n) is 5.17. The number of hydrogen-bond acceptors (Lipinski definition) is 20. The fraction of sp³-hybridized carbons (Fsp3) is 0.333. The van der Waals surface area contributed by atoms with Crippen molar-refractivity contribution in [2.45, 2.75) is 9.79 Å². The Morgan fingerprint density at radius 1 is 0.630 bits per heavy atom. The van der Waals surface area contributed by atoms with Crippen LogP contribution in [0.4, 0.5) is 35.2 Å². The van der Waals surface area contributed by atoms with Gasteiger partial charge in [-0.1, -0.05) is 24.3 Å². The van der Waals surface area contributed by atoms with Crippen molar-refractivity contribution in [1.82, 2.24) is 29.9 Å². The zero-order valence-electron chi connectivity index (χ0n) is 29.8. The summed E-state index contributed by atoms with van der Waals surface area (Å²) < 4.78 is 95.3. The van der Waals surface area contributed by atoms with Gasteiger partial charge >= 0.3 is 71.1 Å². The topological polar surface area (TPSA) is 259 Å². The summed E-state index contributed by atoms with van der Waals surface area (Å²) in [6.07, 6.45) is 2.42. The number of benzene rings is 2. The third kappa shape index (κ3) is 11.2. The Balaban J connectivity index is 0.00000325. The van der Waals surface area contributed by atoms with E-state index < -0.39 is 30.0 Å². The van der Waals surface area contributed by atoms with Crippen LogP contribution in [0.5, 0.6) is 12.0 Å². The maximum atomic E-state index is 12.4. The van der Waals surface area contributed by atoms with Crippen molar-refractivity contribution in [3.8, 4) is 12.0 Å². The van der Waals surface area contributed by atoms with Gasteiger partial charge in [0.2, 0.25) is 23.8 Å². The predicted octanol–water partition coefficient (Wildman–Crippen LogP) is -4.78. The normalized spacial score (nSPS) is 14.9. The number of ether oxygens (including phenoxy) is 4. The van der Waals surface area contributed by atoms with Crippen LogP contribution in [0.1, 0.15) is 11.1 Å². The molecule has 0 aliphatic carbocycles. The maximum Gasteiger partial charge on any atom is 1.00 e. The van der Waals surface area contributed by atoms with Gasteiger partial charge in [-0.15, -0.1) is 0 Å². The molecule has 2 aliphatic heterocycles. The number of anilines is 6. The Hall–Kier alpha value is -3.26. The van der Waals surface area contributed by atoms with Crippen LogP contribution in [0.15, 0.2) is 46.2 Å². The molecule has 2 fully saturated rings. The Morgan fingerprint density at radius 3 is 1.33 bits per heavy atom. The van der Waals surface area contributed by atoms with Crippen molar-refractivity contribution in [3.05, 3.63) is 47.5 Å². The van der Waals surface area contributed by atoms with E-state index in [1.807, 2.05) is 9.80 Å². The van der Waals surface area contributed by atoms with Gasteiger partial charge in [0.05, 0.1) is 50.4 Å². The second kappa shape index (κ2) is 19.1. The summed E-state index contributed by atoms with van der Waals surface area (Å²) in [6, 6.07) is 7.76. The fourth-order valence-corrected chi connectivity index (χ4v) is 6.56. The number of nitrogens with zero attached hydrogens (tertiary/aromatic N) is 8. The van der Waals surface area contributed by atoms with Crippen LogP contribution < -0.4 is 89.0 Å². The van der Waals surface area contributed by atoms with Crippen LogP contribution in [0.2, 0.25) is 0 Å². The summed E-state index contributed by atoms with van der Waals surface area (Å²) in [7, 11) is -7.35. The van der Waals surface area contributed by atoms with Crippen molar-refractivity contribution < 1.29 is 104 Å². The third-order valence-corrected chi connectivity index (χ3v) is 9.46.